The van der Waals surface area contributed by atoms with E-state index in [2.05, 4.69) is 273 Å². The van der Waals surface area contributed by atoms with Crippen molar-refractivity contribution in [2.75, 3.05) is 0 Å². The lowest BCUT2D eigenvalue weighted by Crippen LogP contribution is -2.02. The topological polar surface area (TPSA) is 19.7 Å². The lowest BCUT2D eigenvalue weighted by Gasteiger charge is -2.17. The summed E-state index contributed by atoms with van der Waals surface area (Å²) in [4.78, 5) is 0. The fourth-order valence-electron chi connectivity index (χ4n) is 12.2. The Hall–Kier alpha value is -9.42. The van der Waals surface area contributed by atoms with Crippen LogP contribution in [0.4, 0.5) is 0 Å². The fourth-order valence-corrected chi connectivity index (χ4v) is 13.2. The van der Waals surface area contributed by atoms with Crippen LogP contribution in [0.15, 0.2) is 255 Å². The van der Waals surface area contributed by atoms with E-state index >= 15 is 0 Å². The van der Waals surface area contributed by atoms with Crippen molar-refractivity contribution in [3.63, 3.8) is 0 Å². The number of fused-ring (bicyclic) bond motifs is 15. The summed E-state index contributed by atoms with van der Waals surface area (Å²) >= 11 is 1.86. The normalized spacial score (nSPS) is 12.1. The van der Waals surface area contributed by atoms with Gasteiger partial charge in [-0.3, -0.25) is 0 Å². The van der Waals surface area contributed by atoms with Crippen molar-refractivity contribution in [3.8, 4) is 22.7 Å². The third-order valence-electron chi connectivity index (χ3n) is 15.3. The van der Waals surface area contributed by atoms with Gasteiger partial charge in [0.25, 0.3) is 0 Å². The Kier molecular flexibility index (Phi) is 8.58. The zero-order valence-corrected chi connectivity index (χ0v) is 40.3. The van der Waals surface area contributed by atoms with Gasteiger partial charge in [0.1, 0.15) is 0 Å². The van der Waals surface area contributed by atoms with Gasteiger partial charge in [-0.15, -0.1) is 11.3 Å². The van der Waals surface area contributed by atoms with E-state index in [1.165, 1.54) is 91.0 Å². The molecule has 4 aromatic heterocycles. The molecule has 12 aromatic carbocycles. The van der Waals surface area contributed by atoms with Crippen molar-refractivity contribution in [3.05, 3.63) is 255 Å². The summed E-state index contributed by atoms with van der Waals surface area (Å²) < 4.78 is 12.4. The highest BCUT2D eigenvalue weighted by atomic mass is 32.1. The predicted molar refractivity (Wildman–Crippen MR) is 312 cm³/mol. The smallest absolute Gasteiger partial charge is 0.0782 e. The van der Waals surface area contributed by atoms with Gasteiger partial charge in [0.05, 0.1) is 39.1 Å². The fraction of sp³-hybridized carbons (Fsp3) is 0. The highest BCUT2D eigenvalue weighted by molar-refractivity contribution is 7.25. The van der Waals surface area contributed by atoms with E-state index in [9.17, 15) is 0 Å². The van der Waals surface area contributed by atoms with Crippen LogP contribution in [0.2, 0.25) is 0 Å². The second-order valence-electron chi connectivity index (χ2n) is 19.3. The quantitative estimate of drug-likeness (QED) is 0.168. The van der Waals surface area contributed by atoms with Crippen LogP contribution in [-0.2, 0) is 0 Å². The lowest BCUT2D eigenvalue weighted by molar-refractivity contribution is 1.13. The molecule has 16 rings (SSSR count). The molecule has 0 saturated heterocycles. The summed E-state index contributed by atoms with van der Waals surface area (Å²) in [5.74, 6) is 0. The van der Waals surface area contributed by atoms with Gasteiger partial charge in [-0.1, -0.05) is 152 Å². The Morgan fingerprint density at radius 3 is 1.36 bits per heavy atom. The van der Waals surface area contributed by atoms with Crippen LogP contribution in [0.3, 0.4) is 0 Å². The van der Waals surface area contributed by atoms with Crippen molar-refractivity contribution in [1.29, 1.82) is 0 Å². The van der Waals surface area contributed by atoms with Crippen molar-refractivity contribution < 1.29 is 0 Å². The number of thiophene rings is 1. The Morgan fingerprint density at radius 1 is 0.233 bits per heavy atom. The zero-order chi connectivity index (χ0) is 47.7. The van der Waals surface area contributed by atoms with Gasteiger partial charge in [0.15, 0.2) is 0 Å². The molecular weight excluding hydrogens is 905 g/mol. The van der Waals surface area contributed by atoms with Crippen LogP contribution in [0, 0.1) is 0 Å². The van der Waals surface area contributed by atoms with Gasteiger partial charge in [-0.2, -0.15) is 0 Å². The summed E-state index contributed by atoms with van der Waals surface area (Å²) in [6.07, 6.45) is 0. The molecule has 0 amide bonds. The van der Waals surface area contributed by atoms with E-state index in [0.29, 0.717) is 0 Å². The first kappa shape index (κ1) is 40.3. The average Bonchev–Trinajstić information content (AvgIpc) is 4.10. The molecule has 0 unspecified atom stereocenters. The molecule has 73 heavy (non-hydrogen) atoms. The monoisotopic (exact) mass is 946 g/mol. The maximum Gasteiger partial charge on any atom is 0.0782 e. The molecule has 0 aliphatic carbocycles. The predicted octanol–water partition coefficient (Wildman–Crippen LogP) is 18.7. The highest BCUT2D eigenvalue weighted by Crippen LogP contribution is 2.42. The van der Waals surface area contributed by atoms with Crippen molar-refractivity contribution in [2.45, 2.75) is 0 Å². The third kappa shape index (κ3) is 6.00. The lowest BCUT2D eigenvalue weighted by atomic mass is 10.1. The molecule has 0 atom stereocenters. The van der Waals surface area contributed by atoms with Crippen molar-refractivity contribution in [2.24, 2.45) is 0 Å². The van der Waals surface area contributed by atoms with Crippen LogP contribution in [0.1, 0.15) is 0 Å². The Balaban J connectivity index is 1.02. The zero-order valence-electron chi connectivity index (χ0n) is 39.4. The maximum absolute atomic E-state index is 2.50. The second kappa shape index (κ2) is 15.5. The summed E-state index contributed by atoms with van der Waals surface area (Å²) in [5, 5.41) is 14.5. The first-order valence-electron chi connectivity index (χ1n) is 25.0. The number of hydrogen-bond acceptors (Lipinski definition) is 1. The summed E-state index contributed by atoms with van der Waals surface area (Å²) in [6, 6.07) is 94.7. The van der Waals surface area contributed by atoms with Gasteiger partial charge >= 0.3 is 0 Å². The summed E-state index contributed by atoms with van der Waals surface area (Å²) in [6.45, 7) is 0. The molecule has 4 heterocycles. The Labute approximate surface area is 423 Å². The number of nitrogens with zero attached hydrogens (tertiary/aromatic N) is 4. The summed E-state index contributed by atoms with van der Waals surface area (Å²) in [5.41, 5.74) is 13.6. The minimum absolute atomic E-state index is 1.09. The van der Waals surface area contributed by atoms with Gasteiger partial charge in [-0.05, 0) is 125 Å². The largest absolute Gasteiger partial charge is 0.310 e. The molecule has 0 radical (unpaired) electrons. The molecule has 16 aromatic rings. The van der Waals surface area contributed by atoms with E-state index < -0.39 is 0 Å². The number of rotatable bonds is 4. The summed E-state index contributed by atoms with van der Waals surface area (Å²) in [7, 11) is 0. The minimum Gasteiger partial charge on any atom is -0.310 e. The average molecular weight is 947 g/mol. The standard InChI is InChI=1S/C68H42N4S/c1-3-22-52-43(14-1)16-11-29-60(52)71-62-27-7-5-24-54(62)56-35-32-51(42-65(56)71)69-47-20-9-18-45(38-47)46-19-10-21-48(39-46)70(50-34-37-67-59(41-50)58-40-49(69)33-36-66(58)73-67)64-31-13-26-57-55-25-6-8-28-63(55)72(68(57)64)61-30-12-17-44-15-2-4-23-53(44)61/h1-42H. The first-order chi connectivity index (χ1) is 36.2. The molecule has 0 aliphatic heterocycles. The van der Waals surface area contributed by atoms with E-state index in [1.54, 1.807) is 0 Å². The second-order valence-corrected chi connectivity index (χ2v) is 20.4. The van der Waals surface area contributed by atoms with Gasteiger partial charge in [0.2, 0.25) is 0 Å². The van der Waals surface area contributed by atoms with E-state index in [1.807, 2.05) is 11.3 Å². The van der Waals surface area contributed by atoms with Crippen LogP contribution in [-0.4, -0.2) is 18.3 Å². The van der Waals surface area contributed by atoms with Gasteiger partial charge in [0, 0.05) is 80.2 Å². The van der Waals surface area contributed by atoms with Crippen LogP contribution in [0.25, 0.3) is 141 Å². The van der Waals surface area contributed by atoms with Crippen molar-refractivity contribution in [1.82, 2.24) is 18.3 Å². The Bertz CT molecular complexity index is 5040. The number of hydrogen-bond donors (Lipinski definition) is 0. The van der Waals surface area contributed by atoms with E-state index in [4.69, 9.17) is 0 Å². The molecule has 0 N–H and O–H groups in total. The van der Waals surface area contributed by atoms with E-state index in [0.717, 1.165) is 49.9 Å². The van der Waals surface area contributed by atoms with Crippen LogP contribution in [0.5, 0.6) is 0 Å². The minimum atomic E-state index is 1.09. The molecule has 0 saturated carbocycles. The van der Waals surface area contributed by atoms with Crippen LogP contribution >= 0.6 is 11.3 Å². The molecule has 0 spiro atoms. The van der Waals surface area contributed by atoms with Crippen molar-refractivity contribution >= 4 is 130 Å². The molecule has 0 aliphatic rings. The SMILES string of the molecule is c1ccc2c(-n3c4ccccc4c4ccc(-n5c6cccc(c6)c6cccc(c6)n(-c6cccc7c8ccccc8n(-c8cccc9ccccc89)c67)c6ccc7sc8ccc5cc8c7c6)cc43)cccc2c1. The first-order valence-corrected chi connectivity index (χ1v) is 25.8. The molecule has 8 bridgehead atoms. The van der Waals surface area contributed by atoms with Gasteiger partial charge in [-0.25, -0.2) is 0 Å². The van der Waals surface area contributed by atoms with Crippen LogP contribution < -0.4 is 0 Å². The molecule has 5 heteroatoms. The highest BCUT2D eigenvalue weighted by Gasteiger charge is 2.20. The molecule has 0 fully saturated rings. The molecule has 4 nitrogen and oxygen atoms in total. The number of aromatic nitrogens is 4. The van der Waals surface area contributed by atoms with Gasteiger partial charge < -0.3 is 18.3 Å². The third-order valence-corrected chi connectivity index (χ3v) is 16.5. The maximum atomic E-state index is 2.50. The molecular formula is C68H42N4S. The number of para-hydroxylation sites is 3. The number of benzene rings is 12. The molecule has 340 valence electrons. The van der Waals surface area contributed by atoms with E-state index in [-0.39, 0.29) is 0 Å². The Morgan fingerprint density at radius 2 is 0.685 bits per heavy atom.